The number of hydrogen-bond donors (Lipinski definition) is 1. The van der Waals surface area contributed by atoms with Crippen molar-refractivity contribution >= 4 is 23.5 Å². The highest BCUT2D eigenvalue weighted by Gasteiger charge is 2.27. The lowest BCUT2D eigenvalue weighted by molar-refractivity contribution is 0.101. The molecule has 0 spiro atoms. The molecule has 114 valence electrons. The van der Waals surface area contributed by atoms with Gasteiger partial charge in [0.1, 0.15) is 5.82 Å². The van der Waals surface area contributed by atoms with E-state index in [1.165, 1.54) is 0 Å². The van der Waals surface area contributed by atoms with Crippen molar-refractivity contribution in [2.45, 2.75) is 17.6 Å². The summed E-state index contributed by atoms with van der Waals surface area (Å²) >= 11 is 1.68. The lowest BCUT2D eigenvalue weighted by Crippen LogP contribution is -2.15. The fraction of sp³-hybridized carbons (Fsp3) is 0.118. The van der Waals surface area contributed by atoms with Crippen molar-refractivity contribution in [2.24, 2.45) is 0 Å². The minimum absolute atomic E-state index is 0.300. The summed E-state index contributed by atoms with van der Waals surface area (Å²) in [7, 11) is 0. The van der Waals surface area contributed by atoms with Crippen molar-refractivity contribution in [3.8, 4) is 11.3 Å². The van der Waals surface area contributed by atoms with Gasteiger partial charge in [-0.3, -0.25) is 4.79 Å². The van der Waals surface area contributed by atoms with Crippen LogP contribution in [0.3, 0.4) is 0 Å². The molecule has 0 bridgehead atoms. The van der Waals surface area contributed by atoms with E-state index in [4.69, 9.17) is 4.52 Å². The Hall–Kier alpha value is -2.60. The molecule has 3 heterocycles. The van der Waals surface area contributed by atoms with Gasteiger partial charge in [0.15, 0.2) is 11.5 Å². The van der Waals surface area contributed by atoms with Gasteiger partial charge < -0.3 is 9.84 Å². The first-order valence-corrected chi connectivity index (χ1v) is 8.15. The maximum atomic E-state index is 12.5. The summed E-state index contributed by atoms with van der Waals surface area (Å²) in [6.07, 6.45) is 1.71. The third kappa shape index (κ3) is 2.51. The summed E-state index contributed by atoms with van der Waals surface area (Å²) in [6, 6.07) is 11.6. The predicted molar refractivity (Wildman–Crippen MR) is 88.4 cm³/mol. The average Bonchev–Trinajstić information content (AvgIpc) is 3.01. The third-order valence-electron chi connectivity index (χ3n) is 3.66. The number of carbonyl (C=O) groups excluding carboxylic acids is 1. The van der Waals surface area contributed by atoms with Crippen LogP contribution < -0.4 is 5.32 Å². The van der Waals surface area contributed by atoms with E-state index in [-0.39, 0.29) is 5.91 Å². The van der Waals surface area contributed by atoms with Crippen molar-refractivity contribution in [3.05, 3.63) is 59.4 Å². The van der Waals surface area contributed by atoms with Crippen LogP contribution in [0.25, 0.3) is 11.3 Å². The molecule has 2 aromatic heterocycles. The van der Waals surface area contributed by atoms with Gasteiger partial charge in [0.05, 0.1) is 0 Å². The smallest absolute Gasteiger partial charge is 0.279 e. The molecule has 1 aliphatic heterocycles. The number of rotatable bonds is 2. The number of hydrogen-bond acceptors (Lipinski definition) is 5. The molecule has 1 aliphatic rings. The van der Waals surface area contributed by atoms with Gasteiger partial charge in [-0.2, -0.15) is 0 Å². The van der Waals surface area contributed by atoms with E-state index >= 15 is 0 Å². The van der Waals surface area contributed by atoms with Crippen molar-refractivity contribution in [1.82, 2.24) is 10.1 Å². The zero-order valence-corrected chi connectivity index (χ0v) is 13.2. The van der Waals surface area contributed by atoms with Crippen LogP contribution in [-0.2, 0) is 5.75 Å². The molecule has 3 aromatic rings. The number of nitrogens with one attached hydrogen (secondary N) is 1. The fourth-order valence-electron chi connectivity index (χ4n) is 2.48. The third-order valence-corrected chi connectivity index (χ3v) is 4.76. The van der Waals surface area contributed by atoms with Crippen molar-refractivity contribution < 1.29 is 9.32 Å². The summed E-state index contributed by atoms with van der Waals surface area (Å²) < 4.78 is 5.45. The first-order valence-electron chi connectivity index (χ1n) is 7.17. The van der Waals surface area contributed by atoms with E-state index in [1.54, 1.807) is 24.0 Å². The van der Waals surface area contributed by atoms with Gasteiger partial charge in [-0.15, -0.1) is 11.8 Å². The molecule has 0 aliphatic carbocycles. The van der Waals surface area contributed by atoms with E-state index < -0.39 is 0 Å². The second-order valence-electron chi connectivity index (χ2n) is 5.30. The molecule has 4 rings (SSSR count). The zero-order chi connectivity index (χ0) is 15.8. The normalized spacial score (nSPS) is 12.4. The molecule has 1 amide bonds. The van der Waals surface area contributed by atoms with Crippen molar-refractivity contribution in [1.29, 1.82) is 0 Å². The van der Waals surface area contributed by atoms with Crippen LogP contribution in [0.5, 0.6) is 0 Å². The molecular formula is C17H13N3O2S. The molecular weight excluding hydrogens is 310 g/mol. The van der Waals surface area contributed by atoms with Crippen LogP contribution in [0.4, 0.5) is 5.82 Å². The second kappa shape index (κ2) is 5.55. The number of thioether (sulfide) groups is 1. The Morgan fingerprint density at radius 2 is 2.13 bits per heavy atom. The van der Waals surface area contributed by atoms with Crippen molar-refractivity contribution in [3.63, 3.8) is 0 Å². The Kier molecular flexibility index (Phi) is 3.38. The first-order chi connectivity index (χ1) is 11.2. The molecule has 23 heavy (non-hydrogen) atoms. The lowest BCUT2D eigenvalue weighted by atomic mass is 10.1. The highest BCUT2D eigenvalue weighted by molar-refractivity contribution is 7.98. The number of aryl methyl sites for hydroxylation is 1. The number of nitrogens with zero attached hydrogens (tertiary/aromatic N) is 2. The number of fused-ring (bicyclic) bond motifs is 3. The molecule has 5 nitrogen and oxygen atoms in total. The number of pyridine rings is 1. The number of benzene rings is 1. The number of aromatic nitrogens is 2. The predicted octanol–water partition coefficient (Wildman–Crippen LogP) is 3.90. The topological polar surface area (TPSA) is 68.0 Å². The SMILES string of the molecule is Cc1ccc(NC(=O)c2noc3c2CSc2ccccc2-3)nc1. The molecule has 0 unspecified atom stereocenters. The summed E-state index contributed by atoms with van der Waals surface area (Å²) in [6.45, 7) is 1.95. The van der Waals surface area contributed by atoms with Crippen LogP contribution >= 0.6 is 11.8 Å². The number of amides is 1. The largest absolute Gasteiger partial charge is 0.355 e. The monoisotopic (exact) mass is 323 g/mol. The fourth-order valence-corrected chi connectivity index (χ4v) is 3.54. The Morgan fingerprint density at radius 3 is 2.96 bits per heavy atom. The van der Waals surface area contributed by atoms with Gasteiger partial charge in [0.2, 0.25) is 0 Å². The van der Waals surface area contributed by atoms with E-state index in [1.807, 2.05) is 37.3 Å². The Morgan fingerprint density at radius 1 is 1.26 bits per heavy atom. The molecule has 0 saturated heterocycles. The molecule has 0 atom stereocenters. The minimum Gasteiger partial charge on any atom is -0.355 e. The Balaban J connectivity index is 1.65. The van der Waals surface area contributed by atoms with Gasteiger partial charge in [-0.05, 0) is 30.7 Å². The van der Waals surface area contributed by atoms with E-state index in [0.29, 0.717) is 23.0 Å². The highest BCUT2D eigenvalue weighted by atomic mass is 32.2. The number of anilines is 1. The Labute approximate surface area is 137 Å². The molecule has 0 radical (unpaired) electrons. The van der Waals surface area contributed by atoms with Gasteiger partial charge in [-0.25, -0.2) is 4.98 Å². The summed E-state index contributed by atoms with van der Waals surface area (Å²) in [5.74, 6) is 1.55. The zero-order valence-electron chi connectivity index (χ0n) is 12.4. The summed E-state index contributed by atoms with van der Waals surface area (Å²) in [5, 5.41) is 6.75. The Bertz CT molecular complexity index is 887. The van der Waals surface area contributed by atoms with Crippen molar-refractivity contribution in [2.75, 3.05) is 5.32 Å². The van der Waals surface area contributed by atoms with Crippen LogP contribution in [-0.4, -0.2) is 16.0 Å². The van der Waals surface area contributed by atoms with E-state index in [9.17, 15) is 4.79 Å². The quantitative estimate of drug-likeness (QED) is 0.774. The first kappa shape index (κ1) is 14.0. The highest BCUT2D eigenvalue weighted by Crippen LogP contribution is 2.42. The van der Waals surface area contributed by atoms with Gasteiger partial charge in [-0.1, -0.05) is 23.4 Å². The standard InChI is InChI=1S/C17H13N3O2S/c1-10-6-7-14(18-8-10)19-17(21)15-12-9-23-13-5-3-2-4-11(13)16(12)22-20-15/h2-8H,9H2,1H3,(H,18,19,21). The number of carbonyl (C=O) groups is 1. The van der Waals surface area contributed by atoms with Crippen LogP contribution in [0.15, 0.2) is 52.0 Å². The molecule has 6 heteroatoms. The van der Waals surface area contributed by atoms with Gasteiger partial charge in [0.25, 0.3) is 5.91 Å². The van der Waals surface area contributed by atoms with Gasteiger partial charge >= 0.3 is 0 Å². The molecule has 0 fully saturated rings. The second-order valence-corrected chi connectivity index (χ2v) is 6.32. The van der Waals surface area contributed by atoms with Gasteiger partial charge in [0, 0.05) is 28.0 Å². The van der Waals surface area contributed by atoms with E-state index in [2.05, 4.69) is 15.5 Å². The maximum Gasteiger partial charge on any atom is 0.279 e. The summed E-state index contributed by atoms with van der Waals surface area (Å²) in [5.41, 5.74) is 3.18. The van der Waals surface area contributed by atoms with E-state index in [0.717, 1.165) is 21.6 Å². The molecule has 0 saturated carbocycles. The van der Waals surface area contributed by atoms with Crippen LogP contribution in [0.2, 0.25) is 0 Å². The van der Waals surface area contributed by atoms with Crippen LogP contribution in [0, 0.1) is 6.92 Å². The average molecular weight is 323 g/mol. The lowest BCUT2D eigenvalue weighted by Gasteiger charge is -2.13. The van der Waals surface area contributed by atoms with Crippen LogP contribution in [0.1, 0.15) is 21.6 Å². The molecule has 1 aromatic carbocycles. The minimum atomic E-state index is -0.300. The summed E-state index contributed by atoms with van der Waals surface area (Å²) in [4.78, 5) is 17.8. The molecule has 1 N–H and O–H groups in total. The maximum absolute atomic E-state index is 12.5.